The Morgan fingerprint density at radius 1 is 1.07 bits per heavy atom. The Morgan fingerprint density at radius 2 is 1.75 bits per heavy atom. The molecule has 1 saturated heterocycles. The Balaban J connectivity index is 1.51. The molecule has 8 nitrogen and oxygen atoms in total. The Hall–Kier alpha value is -3.13. The third-order valence-corrected chi connectivity index (χ3v) is 4.87. The van der Waals surface area contributed by atoms with Crippen LogP contribution in [-0.4, -0.2) is 54.4 Å². The molecule has 0 spiro atoms. The van der Waals surface area contributed by atoms with Crippen LogP contribution in [0.25, 0.3) is 0 Å². The number of hydrogen-bond acceptors (Lipinski definition) is 5. The minimum absolute atomic E-state index is 0.0318. The van der Waals surface area contributed by atoms with Crippen molar-refractivity contribution in [2.75, 3.05) is 37.6 Å². The van der Waals surface area contributed by atoms with E-state index in [0.717, 1.165) is 24.8 Å². The fourth-order valence-electron chi connectivity index (χ4n) is 3.02. The number of benzene rings is 2. The highest BCUT2D eigenvalue weighted by Crippen LogP contribution is 2.22. The van der Waals surface area contributed by atoms with Crippen molar-refractivity contribution in [3.05, 3.63) is 69.2 Å². The summed E-state index contributed by atoms with van der Waals surface area (Å²) < 4.78 is 0. The van der Waals surface area contributed by atoms with E-state index in [4.69, 9.17) is 11.6 Å². The van der Waals surface area contributed by atoms with Gasteiger partial charge in [0.1, 0.15) is 0 Å². The van der Waals surface area contributed by atoms with Crippen LogP contribution in [0.2, 0.25) is 5.02 Å². The largest absolute Gasteiger partial charge is 0.368 e. The van der Waals surface area contributed by atoms with Gasteiger partial charge in [-0.25, -0.2) is 0 Å². The first-order chi connectivity index (χ1) is 13.5. The molecular weight excluding hydrogens is 384 g/mol. The number of halogens is 1. The summed E-state index contributed by atoms with van der Waals surface area (Å²) in [5.74, 6) is -0.727. The van der Waals surface area contributed by atoms with Crippen LogP contribution in [-0.2, 0) is 4.79 Å². The van der Waals surface area contributed by atoms with Crippen LogP contribution in [0.5, 0.6) is 0 Å². The second-order valence-corrected chi connectivity index (χ2v) is 6.71. The van der Waals surface area contributed by atoms with E-state index in [1.54, 1.807) is 4.90 Å². The molecule has 146 valence electrons. The molecule has 0 atom stereocenters. The zero-order valence-corrected chi connectivity index (χ0v) is 15.8. The molecule has 1 N–H and O–H groups in total. The normalized spacial score (nSPS) is 13.9. The molecule has 2 amide bonds. The van der Waals surface area contributed by atoms with E-state index < -0.39 is 10.8 Å². The smallest absolute Gasteiger partial charge is 0.270 e. The number of nitro groups is 1. The van der Waals surface area contributed by atoms with Crippen molar-refractivity contribution in [1.29, 1.82) is 0 Å². The number of nitrogens with one attached hydrogen (secondary N) is 1. The number of piperazine rings is 1. The van der Waals surface area contributed by atoms with Crippen LogP contribution in [0, 0.1) is 10.1 Å². The molecule has 1 heterocycles. The fourth-order valence-corrected chi connectivity index (χ4v) is 3.28. The van der Waals surface area contributed by atoms with Crippen LogP contribution in [0.1, 0.15) is 10.4 Å². The lowest BCUT2D eigenvalue weighted by Crippen LogP contribution is -2.51. The Kier molecular flexibility index (Phi) is 6.10. The maximum atomic E-state index is 12.4. The standard InChI is InChI=1S/C19H19ClN4O4/c20-17-12-15(24(27)28)6-7-16(17)19(26)21-13-18(25)23-10-8-22(9-11-23)14-4-2-1-3-5-14/h1-7,12H,8-11,13H2,(H,21,26). The minimum atomic E-state index is -0.591. The van der Waals surface area contributed by atoms with Crippen molar-refractivity contribution in [1.82, 2.24) is 10.2 Å². The maximum absolute atomic E-state index is 12.4. The molecule has 0 aliphatic carbocycles. The average Bonchev–Trinajstić information content (AvgIpc) is 2.72. The summed E-state index contributed by atoms with van der Waals surface area (Å²) >= 11 is 5.94. The molecule has 1 aliphatic heterocycles. The van der Waals surface area contributed by atoms with Gasteiger partial charge >= 0.3 is 0 Å². The van der Waals surface area contributed by atoms with E-state index >= 15 is 0 Å². The molecule has 2 aromatic rings. The number of carbonyl (C=O) groups excluding carboxylic acids is 2. The summed E-state index contributed by atoms with van der Waals surface area (Å²) in [5.41, 5.74) is 1.01. The SMILES string of the molecule is O=C(NCC(=O)N1CCN(c2ccccc2)CC1)c1ccc([N+](=O)[O-])cc1Cl. The predicted molar refractivity (Wildman–Crippen MR) is 106 cm³/mol. The Morgan fingerprint density at radius 3 is 2.36 bits per heavy atom. The van der Waals surface area contributed by atoms with E-state index in [1.165, 1.54) is 12.1 Å². The van der Waals surface area contributed by atoms with Gasteiger partial charge in [-0.15, -0.1) is 0 Å². The summed E-state index contributed by atoms with van der Waals surface area (Å²) in [6.07, 6.45) is 0. The number of amides is 2. The second-order valence-electron chi connectivity index (χ2n) is 6.31. The number of rotatable bonds is 5. The molecule has 9 heteroatoms. The zero-order valence-electron chi connectivity index (χ0n) is 15.0. The molecular formula is C19H19ClN4O4. The van der Waals surface area contributed by atoms with Crippen LogP contribution in [0.3, 0.4) is 0 Å². The van der Waals surface area contributed by atoms with Gasteiger partial charge in [0.2, 0.25) is 5.91 Å². The molecule has 1 aliphatic rings. The molecule has 0 saturated carbocycles. The molecule has 0 unspecified atom stereocenters. The fraction of sp³-hybridized carbons (Fsp3) is 0.263. The van der Waals surface area contributed by atoms with Crippen molar-refractivity contribution in [2.24, 2.45) is 0 Å². The number of anilines is 1. The van der Waals surface area contributed by atoms with E-state index in [1.807, 2.05) is 30.3 Å². The van der Waals surface area contributed by atoms with Gasteiger partial charge in [0, 0.05) is 44.0 Å². The highest BCUT2D eigenvalue weighted by Gasteiger charge is 2.22. The summed E-state index contributed by atoms with van der Waals surface area (Å²) in [4.78, 5) is 38.7. The number of para-hydroxylation sites is 1. The monoisotopic (exact) mass is 402 g/mol. The zero-order chi connectivity index (χ0) is 20.1. The average molecular weight is 403 g/mol. The lowest BCUT2D eigenvalue weighted by molar-refractivity contribution is -0.384. The van der Waals surface area contributed by atoms with E-state index in [0.29, 0.717) is 13.1 Å². The number of carbonyl (C=O) groups is 2. The van der Waals surface area contributed by atoms with Crippen molar-refractivity contribution in [3.63, 3.8) is 0 Å². The van der Waals surface area contributed by atoms with Crippen LogP contribution in [0.15, 0.2) is 48.5 Å². The van der Waals surface area contributed by atoms with E-state index in [-0.39, 0.29) is 28.7 Å². The quantitative estimate of drug-likeness (QED) is 0.611. The lowest BCUT2D eigenvalue weighted by atomic mass is 10.2. The molecule has 0 radical (unpaired) electrons. The minimum Gasteiger partial charge on any atom is -0.368 e. The number of non-ortho nitro benzene ring substituents is 1. The summed E-state index contributed by atoms with van der Waals surface area (Å²) in [5, 5.41) is 13.2. The van der Waals surface area contributed by atoms with Crippen molar-refractivity contribution in [2.45, 2.75) is 0 Å². The molecule has 2 aromatic carbocycles. The summed E-state index contributed by atoms with van der Waals surface area (Å²) in [7, 11) is 0. The molecule has 0 aromatic heterocycles. The van der Waals surface area contributed by atoms with Gasteiger partial charge in [-0.2, -0.15) is 0 Å². The third kappa shape index (κ3) is 4.58. The van der Waals surface area contributed by atoms with Gasteiger partial charge in [-0.1, -0.05) is 29.8 Å². The molecule has 28 heavy (non-hydrogen) atoms. The maximum Gasteiger partial charge on any atom is 0.270 e. The first kappa shape index (κ1) is 19.6. The second kappa shape index (κ2) is 8.71. The number of nitrogens with zero attached hydrogens (tertiary/aromatic N) is 3. The first-order valence-electron chi connectivity index (χ1n) is 8.75. The van der Waals surface area contributed by atoms with Crippen LogP contribution >= 0.6 is 11.6 Å². The highest BCUT2D eigenvalue weighted by atomic mass is 35.5. The Labute approximate surface area is 166 Å². The highest BCUT2D eigenvalue weighted by molar-refractivity contribution is 6.34. The topological polar surface area (TPSA) is 95.8 Å². The lowest BCUT2D eigenvalue weighted by Gasteiger charge is -2.36. The number of hydrogen-bond donors (Lipinski definition) is 1. The first-order valence-corrected chi connectivity index (χ1v) is 9.13. The summed E-state index contributed by atoms with van der Waals surface area (Å²) in [6.45, 7) is 2.43. The van der Waals surface area contributed by atoms with Crippen LogP contribution in [0.4, 0.5) is 11.4 Å². The van der Waals surface area contributed by atoms with Gasteiger partial charge in [0.15, 0.2) is 0 Å². The van der Waals surface area contributed by atoms with Gasteiger partial charge in [0.25, 0.3) is 11.6 Å². The van der Waals surface area contributed by atoms with Crippen molar-refractivity contribution >= 4 is 34.8 Å². The van der Waals surface area contributed by atoms with E-state index in [2.05, 4.69) is 10.2 Å². The molecule has 1 fully saturated rings. The summed E-state index contributed by atoms with van der Waals surface area (Å²) in [6, 6.07) is 13.6. The van der Waals surface area contributed by atoms with Gasteiger partial charge < -0.3 is 15.1 Å². The molecule has 3 rings (SSSR count). The third-order valence-electron chi connectivity index (χ3n) is 4.56. The van der Waals surface area contributed by atoms with Gasteiger partial charge in [0.05, 0.1) is 22.1 Å². The van der Waals surface area contributed by atoms with E-state index in [9.17, 15) is 19.7 Å². The molecule has 0 bridgehead atoms. The van der Waals surface area contributed by atoms with Crippen molar-refractivity contribution < 1.29 is 14.5 Å². The van der Waals surface area contributed by atoms with Crippen LogP contribution < -0.4 is 10.2 Å². The number of nitro benzene ring substituents is 1. The van der Waals surface area contributed by atoms with Gasteiger partial charge in [-0.05, 0) is 18.2 Å². The Bertz CT molecular complexity index is 883. The van der Waals surface area contributed by atoms with Crippen molar-refractivity contribution in [3.8, 4) is 0 Å². The van der Waals surface area contributed by atoms with Gasteiger partial charge in [-0.3, -0.25) is 19.7 Å². The predicted octanol–water partition coefficient (Wildman–Crippen LogP) is 2.33.